The molecule has 9 atom stereocenters. The van der Waals surface area contributed by atoms with E-state index >= 15 is 8.78 Å². The molecule has 1 aromatic carbocycles. The summed E-state index contributed by atoms with van der Waals surface area (Å²) in [5.74, 6) is -0.515. The van der Waals surface area contributed by atoms with Gasteiger partial charge in [0.15, 0.2) is 36.3 Å². The lowest BCUT2D eigenvalue weighted by molar-refractivity contribution is -0.211. The van der Waals surface area contributed by atoms with E-state index in [2.05, 4.69) is 19.8 Å². The molecule has 3 aromatic heterocycles. The molecule has 6 rings (SSSR count). The van der Waals surface area contributed by atoms with Crippen molar-refractivity contribution < 1.29 is 64.6 Å². The first kappa shape index (κ1) is 40.7. The molecule has 5 heterocycles. The van der Waals surface area contributed by atoms with Crippen LogP contribution in [0.1, 0.15) is 24.9 Å². The van der Waals surface area contributed by atoms with Gasteiger partial charge in [0, 0.05) is 32.0 Å². The Hall–Kier alpha value is -3.93. The number of imidazole rings is 1. The third kappa shape index (κ3) is 9.21. The lowest BCUT2D eigenvalue weighted by Gasteiger charge is -2.31. The highest BCUT2D eigenvalue weighted by molar-refractivity contribution is 8.54. The Morgan fingerprint density at radius 1 is 1.02 bits per heavy atom. The fourth-order valence-electron chi connectivity index (χ4n) is 5.43. The van der Waals surface area contributed by atoms with Crippen LogP contribution >= 0.6 is 26.0 Å². The van der Waals surface area contributed by atoms with Crippen molar-refractivity contribution in [1.82, 2.24) is 29.1 Å². The first-order valence-corrected chi connectivity index (χ1v) is 20.5. The standard InChI is InChI=1S/C29H33F2N7O14P2S/c1-15(39)48-17-6-4-16(5-7-17)12-55-54(43)47-10-18(44-2)22(31)27(38-14-35-23-25(32)33-13-34-26(23)38)51-53(42,52-45-3)46-11-19-21(30)24(50-54)28(49-19)37-9-8-20(40)36-29(37)41/h4-9,13-14,18-19,21-22,24,27-28H,10-12H2,1-3H3,(H2,32,33,34)(H,36,40,41)/t18-,19-,21-,22-,24-,27+,28-,53?,54?/m1/s1. The third-order valence-corrected chi connectivity index (χ3v) is 12.9. The molecule has 298 valence electrons. The second-order valence-electron chi connectivity index (χ2n) is 11.6. The molecule has 0 amide bonds. The monoisotopic (exact) mass is 835 g/mol. The number of rotatable bonds is 9. The highest BCUT2D eigenvalue weighted by Crippen LogP contribution is 2.65. The Kier molecular flexibility index (Phi) is 12.6. The highest BCUT2D eigenvalue weighted by atomic mass is 32.7. The molecule has 2 fully saturated rings. The second-order valence-corrected chi connectivity index (χ2v) is 17.2. The number of carbonyl (C=O) groups is 1. The SMILES string of the molecule is COOP1(=O)OC[C@H]2O[C@@H](n3ccc(=O)[nH]c3=O)[C@H](OP(=O)(SCc3ccc(OC(C)=O)cc3)OC[C@@H](OC)[C@@H](F)[C@@H](n3cnc4c(N)ncnc43)O1)[C@@H]2F. The number of phosphoric ester groups is 1. The van der Waals surface area contributed by atoms with Gasteiger partial charge in [-0.3, -0.25) is 41.8 Å². The van der Waals surface area contributed by atoms with Gasteiger partial charge in [-0.1, -0.05) is 12.1 Å². The minimum absolute atomic E-state index is 0.00994. The number of methoxy groups -OCH3 is 1. The Bertz CT molecular complexity index is 2210. The van der Waals surface area contributed by atoms with Crippen LogP contribution in [0.2, 0.25) is 0 Å². The Balaban J connectivity index is 1.40. The zero-order chi connectivity index (χ0) is 39.5. The molecule has 2 aliphatic heterocycles. The van der Waals surface area contributed by atoms with E-state index in [1.54, 1.807) is 12.1 Å². The van der Waals surface area contributed by atoms with Crippen LogP contribution in [-0.2, 0) is 56.8 Å². The lowest BCUT2D eigenvalue weighted by atomic mass is 10.1. The van der Waals surface area contributed by atoms with Crippen molar-refractivity contribution in [3.63, 3.8) is 0 Å². The molecular weight excluding hydrogens is 802 g/mol. The van der Waals surface area contributed by atoms with Gasteiger partial charge in [-0.05, 0) is 29.1 Å². The average molecular weight is 836 g/mol. The van der Waals surface area contributed by atoms with Crippen molar-refractivity contribution in [2.75, 3.05) is 33.2 Å². The fraction of sp³-hybridized carbons (Fsp3) is 0.448. The van der Waals surface area contributed by atoms with Gasteiger partial charge in [-0.15, -0.1) is 4.67 Å². The van der Waals surface area contributed by atoms with Crippen molar-refractivity contribution in [3.05, 3.63) is 75.6 Å². The minimum Gasteiger partial charge on any atom is -0.427 e. The molecule has 0 saturated carbocycles. The number of ether oxygens (including phenoxy) is 3. The number of hydrogen-bond donors (Lipinski definition) is 2. The number of nitrogens with one attached hydrogen (secondary N) is 1. The predicted molar refractivity (Wildman–Crippen MR) is 185 cm³/mol. The Morgan fingerprint density at radius 3 is 2.47 bits per heavy atom. The van der Waals surface area contributed by atoms with E-state index in [0.717, 1.165) is 48.3 Å². The molecular formula is C29H33F2N7O14P2S. The molecule has 0 aliphatic carbocycles. The van der Waals surface area contributed by atoms with Crippen LogP contribution in [0.3, 0.4) is 0 Å². The Labute approximate surface area is 312 Å². The molecule has 2 bridgehead atoms. The number of phosphoric acid groups is 1. The number of alkyl halides is 2. The number of esters is 1. The predicted octanol–water partition coefficient (Wildman–Crippen LogP) is 3.15. The molecule has 55 heavy (non-hydrogen) atoms. The summed E-state index contributed by atoms with van der Waals surface area (Å²) in [4.78, 5) is 54.7. The second kappa shape index (κ2) is 17.1. The molecule has 2 unspecified atom stereocenters. The van der Waals surface area contributed by atoms with Crippen LogP contribution in [0.4, 0.5) is 14.6 Å². The first-order chi connectivity index (χ1) is 26.2. The summed E-state index contributed by atoms with van der Waals surface area (Å²) < 4.78 is 107. The van der Waals surface area contributed by atoms with Crippen LogP contribution in [-0.4, -0.2) is 93.1 Å². The smallest absolute Gasteiger partial charge is 0.427 e. The number of nitrogen functional groups attached to an aromatic ring is 1. The highest BCUT2D eigenvalue weighted by Gasteiger charge is 2.53. The quantitative estimate of drug-likeness (QED) is 0.0807. The maximum Gasteiger partial charge on any atom is 0.504 e. The number of aromatic amines is 1. The summed E-state index contributed by atoms with van der Waals surface area (Å²) in [6.45, 7) is -5.27. The maximum absolute atomic E-state index is 16.8. The molecule has 26 heteroatoms. The van der Waals surface area contributed by atoms with E-state index in [-0.39, 0.29) is 28.5 Å². The topological polar surface area (TPSA) is 259 Å². The van der Waals surface area contributed by atoms with Gasteiger partial charge < -0.3 is 19.9 Å². The third-order valence-electron chi connectivity index (χ3n) is 8.00. The molecule has 0 spiro atoms. The van der Waals surface area contributed by atoms with Crippen LogP contribution in [0.25, 0.3) is 11.2 Å². The summed E-state index contributed by atoms with van der Waals surface area (Å²) in [7, 11) is -3.04. The summed E-state index contributed by atoms with van der Waals surface area (Å²) in [6, 6.07) is 7.01. The van der Waals surface area contributed by atoms with Gasteiger partial charge in [0.05, 0.1) is 26.7 Å². The van der Waals surface area contributed by atoms with Crippen molar-refractivity contribution in [1.29, 1.82) is 0 Å². The molecule has 3 N–H and O–H groups in total. The zero-order valence-corrected chi connectivity index (χ0v) is 31.5. The lowest BCUT2D eigenvalue weighted by Crippen LogP contribution is -2.39. The number of nitrogens with two attached hydrogens (primary N) is 1. The number of fused-ring (bicyclic) bond motifs is 3. The van der Waals surface area contributed by atoms with E-state index < -0.39 is 88.2 Å². The van der Waals surface area contributed by atoms with Gasteiger partial charge in [-0.25, -0.2) is 42.5 Å². The first-order valence-electron chi connectivity index (χ1n) is 15.9. The minimum atomic E-state index is -5.07. The summed E-state index contributed by atoms with van der Waals surface area (Å²) in [6.07, 6.45) is -10.8. The molecule has 4 aromatic rings. The van der Waals surface area contributed by atoms with Gasteiger partial charge in [0.25, 0.3) is 5.56 Å². The largest absolute Gasteiger partial charge is 0.504 e. The van der Waals surface area contributed by atoms with Gasteiger partial charge in [0.1, 0.15) is 35.9 Å². The number of carbonyl (C=O) groups excluding carboxylic acids is 1. The van der Waals surface area contributed by atoms with Crippen LogP contribution < -0.4 is 21.7 Å². The fourth-order valence-corrected chi connectivity index (χ4v) is 9.91. The molecule has 2 aliphatic rings. The van der Waals surface area contributed by atoms with E-state index in [0.29, 0.717) is 16.9 Å². The summed E-state index contributed by atoms with van der Waals surface area (Å²) >= 11 is 0.567. The van der Waals surface area contributed by atoms with Gasteiger partial charge >= 0.3 is 26.3 Å². The summed E-state index contributed by atoms with van der Waals surface area (Å²) in [5, 5.41) is 0. The van der Waals surface area contributed by atoms with Crippen LogP contribution in [0.5, 0.6) is 5.75 Å². The van der Waals surface area contributed by atoms with E-state index in [4.69, 9.17) is 42.7 Å². The number of aromatic nitrogens is 6. The van der Waals surface area contributed by atoms with Crippen molar-refractivity contribution in [3.8, 4) is 5.75 Å². The molecule has 0 radical (unpaired) electrons. The van der Waals surface area contributed by atoms with E-state index in [1.807, 2.05) is 4.98 Å². The van der Waals surface area contributed by atoms with E-state index in [9.17, 15) is 23.5 Å². The number of hydrogen-bond acceptors (Lipinski definition) is 19. The average Bonchev–Trinajstić information content (AvgIpc) is 3.71. The van der Waals surface area contributed by atoms with Crippen molar-refractivity contribution >= 4 is 49.0 Å². The number of H-pyrrole nitrogens is 1. The maximum atomic E-state index is 16.8. The molecule has 21 nitrogen and oxygen atoms in total. The zero-order valence-electron chi connectivity index (χ0n) is 28.9. The van der Waals surface area contributed by atoms with Crippen LogP contribution in [0.15, 0.2) is 58.8 Å². The van der Waals surface area contributed by atoms with Crippen LogP contribution in [0, 0.1) is 0 Å². The number of anilines is 1. The molecule has 2 saturated heterocycles. The van der Waals surface area contributed by atoms with Crippen molar-refractivity contribution in [2.24, 2.45) is 0 Å². The number of benzene rings is 1. The Morgan fingerprint density at radius 2 is 1.78 bits per heavy atom. The van der Waals surface area contributed by atoms with Gasteiger partial charge in [0.2, 0.25) is 0 Å². The number of nitrogens with zero attached hydrogens (tertiary/aromatic N) is 5. The van der Waals surface area contributed by atoms with Crippen molar-refractivity contribution in [2.45, 2.75) is 55.8 Å². The van der Waals surface area contributed by atoms with Gasteiger partial charge in [-0.2, -0.15) is 0 Å². The summed E-state index contributed by atoms with van der Waals surface area (Å²) in [5.41, 5.74) is 4.52. The number of halogens is 2. The normalized spacial score (nSPS) is 30.5. The van der Waals surface area contributed by atoms with E-state index in [1.165, 1.54) is 19.1 Å².